The molecule has 2 heterocycles. The van der Waals surface area contributed by atoms with Gasteiger partial charge in [0.2, 0.25) is 11.8 Å². The summed E-state index contributed by atoms with van der Waals surface area (Å²) in [4.78, 5) is 29.2. The highest BCUT2D eigenvalue weighted by Crippen LogP contribution is 2.36. The topological polar surface area (TPSA) is 112 Å². The lowest BCUT2D eigenvalue weighted by Crippen LogP contribution is -2.38. The maximum Gasteiger partial charge on any atom is 0.238 e. The Balaban J connectivity index is 1.49. The van der Waals surface area contributed by atoms with Crippen molar-refractivity contribution in [3.05, 3.63) is 29.8 Å². The third kappa shape index (κ3) is 6.86. The predicted octanol–water partition coefficient (Wildman–Crippen LogP) is 2.20. The summed E-state index contributed by atoms with van der Waals surface area (Å²) in [5.74, 6) is -1.28. The number of hydrogen-bond acceptors (Lipinski definition) is 7. The number of nitriles is 2. The van der Waals surface area contributed by atoms with Crippen LogP contribution in [0.15, 0.2) is 24.3 Å². The van der Waals surface area contributed by atoms with E-state index in [0.29, 0.717) is 19.5 Å². The molecule has 0 radical (unpaired) electrons. The van der Waals surface area contributed by atoms with Crippen molar-refractivity contribution < 1.29 is 9.59 Å². The van der Waals surface area contributed by atoms with Crippen molar-refractivity contribution in [1.82, 2.24) is 15.1 Å². The summed E-state index contributed by atoms with van der Waals surface area (Å²) < 4.78 is 0. The zero-order valence-electron chi connectivity index (χ0n) is 19.1. The highest BCUT2D eigenvalue weighted by molar-refractivity contribution is 8.01. The van der Waals surface area contributed by atoms with Gasteiger partial charge in [-0.05, 0) is 57.0 Å². The number of anilines is 1. The fraction of sp³-hybridized carbons (Fsp3) is 0.583. The first-order valence-corrected chi connectivity index (χ1v) is 12.5. The second kappa shape index (κ2) is 12.5. The minimum Gasteiger partial charge on any atom is -0.385 e. The van der Waals surface area contributed by atoms with Crippen LogP contribution in [-0.2, 0) is 16.0 Å². The summed E-state index contributed by atoms with van der Waals surface area (Å²) in [5, 5.41) is 23.5. The first-order chi connectivity index (χ1) is 16.0. The van der Waals surface area contributed by atoms with E-state index in [4.69, 9.17) is 5.26 Å². The van der Waals surface area contributed by atoms with Crippen LogP contribution in [0.1, 0.15) is 31.7 Å². The molecule has 2 aliphatic rings. The number of amides is 2. The molecule has 1 aromatic rings. The molecule has 0 saturated carbocycles. The van der Waals surface area contributed by atoms with Crippen molar-refractivity contribution in [2.24, 2.45) is 5.92 Å². The molecule has 0 aliphatic carbocycles. The molecule has 3 unspecified atom stereocenters. The zero-order chi connectivity index (χ0) is 23.6. The summed E-state index contributed by atoms with van der Waals surface area (Å²) in [6, 6.07) is 12.3. The molecule has 33 heavy (non-hydrogen) atoms. The number of thioether (sulfide) groups is 1. The third-order valence-corrected chi connectivity index (χ3v) is 7.67. The molecular weight excluding hydrogens is 436 g/mol. The lowest BCUT2D eigenvalue weighted by Gasteiger charge is -2.30. The second-order valence-electron chi connectivity index (χ2n) is 8.36. The molecule has 2 aliphatic heterocycles. The fourth-order valence-electron chi connectivity index (χ4n) is 4.13. The van der Waals surface area contributed by atoms with Gasteiger partial charge in [0, 0.05) is 31.7 Å². The van der Waals surface area contributed by atoms with E-state index < -0.39 is 11.8 Å². The SMILES string of the molecule is CCN1C(=O)C(CCNc2cccc(CCN3CCC3)c2)SC1CC(C#N)C(=O)NCC#N. The molecule has 0 aromatic heterocycles. The van der Waals surface area contributed by atoms with Gasteiger partial charge in [0.1, 0.15) is 12.5 Å². The van der Waals surface area contributed by atoms with E-state index in [9.17, 15) is 14.9 Å². The monoisotopic (exact) mass is 468 g/mol. The third-order valence-electron chi connectivity index (χ3n) is 6.15. The number of carbonyl (C=O) groups is 2. The van der Waals surface area contributed by atoms with Gasteiger partial charge in [0.05, 0.1) is 22.8 Å². The molecule has 2 amide bonds. The van der Waals surface area contributed by atoms with E-state index in [-0.39, 0.29) is 29.5 Å². The first kappa shape index (κ1) is 24.9. The number of benzene rings is 1. The summed E-state index contributed by atoms with van der Waals surface area (Å²) in [7, 11) is 0. The Morgan fingerprint density at radius 2 is 2.15 bits per heavy atom. The van der Waals surface area contributed by atoms with Crippen LogP contribution >= 0.6 is 11.8 Å². The van der Waals surface area contributed by atoms with Gasteiger partial charge < -0.3 is 20.4 Å². The van der Waals surface area contributed by atoms with Crippen LogP contribution in [0.5, 0.6) is 0 Å². The van der Waals surface area contributed by atoms with Gasteiger partial charge in [-0.1, -0.05) is 12.1 Å². The van der Waals surface area contributed by atoms with Crippen molar-refractivity contribution in [1.29, 1.82) is 10.5 Å². The number of rotatable bonds is 12. The van der Waals surface area contributed by atoms with Crippen molar-refractivity contribution in [3.8, 4) is 12.1 Å². The average molecular weight is 469 g/mol. The van der Waals surface area contributed by atoms with Crippen LogP contribution in [0, 0.1) is 28.6 Å². The summed E-state index contributed by atoms with van der Waals surface area (Å²) >= 11 is 1.53. The van der Waals surface area contributed by atoms with Gasteiger partial charge in [0.25, 0.3) is 0 Å². The summed E-state index contributed by atoms with van der Waals surface area (Å²) in [6.45, 7) is 6.52. The van der Waals surface area contributed by atoms with Gasteiger partial charge in [-0.15, -0.1) is 11.8 Å². The van der Waals surface area contributed by atoms with Crippen molar-refractivity contribution in [2.75, 3.05) is 44.6 Å². The van der Waals surface area contributed by atoms with E-state index in [2.05, 4.69) is 39.8 Å². The predicted molar refractivity (Wildman–Crippen MR) is 129 cm³/mol. The Morgan fingerprint density at radius 1 is 1.33 bits per heavy atom. The van der Waals surface area contributed by atoms with Crippen LogP contribution < -0.4 is 10.6 Å². The highest BCUT2D eigenvalue weighted by atomic mass is 32.2. The number of nitrogens with one attached hydrogen (secondary N) is 2. The molecule has 0 spiro atoms. The number of nitrogens with zero attached hydrogens (tertiary/aromatic N) is 4. The molecule has 2 N–H and O–H groups in total. The van der Waals surface area contributed by atoms with Crippen LogP contribution in [0.2, 0.25) is 0 Å². The fourth-order valence-corrected chi connectivity index (χ4v) is 5.72. The van der Waals surface area contributed by atoms with Gasteiger partial charge in [-0.2, -0.15) is 10.5 Å². The van der Waals surface area contributed by atoms with Gasteiger partial charge >= 0.3 is 0 Å². The first-order valence-electron chi connectivity index (χ1n) is 11.6. The maximum atomic E-state index is 12.9. The zero-order valence-corrected chi connectivity index (χ0v) is 19.9. The second-order valence-corrected chi connectivity index (χ2v) is 9.74. The lowest BCUT2D eigenvalue weighted by molar-refractivity contribution is -0.131. The normalized spacial score (nSPS) is 21.1. The van der Waals surface area contributed by atoms with E-state index in [1.54, 1.807) is 4.90 Å². The highest BCUT2D eigenvalue weighted by Gasteiger charge is 2.40. The van der Waals surface area contributed by atoms with Crippen LogP contribution in [0.4, 0.5) is 5.69 Å². The summed E-state index contributed by atoms with van der Waals surface area (Å²) in [5.41, 5.74) is 2.38. The van der Waals surface area contributed by atoms with Gasteiger partial charge in [-0.3, -0.25) is 9.59 Å². The molecule has 3 atom stereocenters. The minimum atomic E-state index is -0.881. The molecule has 1 aromatic carbocycles. The standard InChI is InChI=1S/C24H32N6O2S/c1-2-30-22(16-19(17-26)23(31)28-11-9-25)33-21(24(30)32)7-10-27-20-6-3-5-18(15-20)8-14-29-12-4-13-29/h3,5-6,15,19,21-22,27H,2,4,7-8,10-14,16H2,1H3,(H,28,31). The molecule has 176 valence electrons. The smallest absolute Gasteiger partial charge is 0.238 e. The Kier molecular flexibility index (Phi) is 9.41. The quantitative estimate of drug-likeness (QED) is 0.452. The maximum absolute atomic E-state index is 12.9. The van der Waals surface area contributed by atoms with E-state index in [1.807, 2.05) is 19.1 Å². The van der Waals surface area contributed by atoms with Crippen LogP contribution in [0.25, 0.3) is 0 Å². The van der Waals surface area contributed by atoms with Crippen LogP contribution in [0.3, 0.4) is 0 Å². The Labute approximate surface area is 200 Å². The molecule has 0 bridgehead atoms. The van der Waals surface area contributed by atoms with Crippen molar-refractivity contribution in [2.45, 2.75) is 43.2 Å². The Morgan fingerprint density at radius 3 is 2.82 bits per heavy atom. The molecule has 3 rings (SSSR count). The number of likely N-dealkylation sites (tertiary alicyclic amines) is 1. The van der Waals surface area contributed by atoms with Crippen molar-refractivity contribution >= 4 is 29.3 Å². The van der Waals surface area contributed by atoms with E-state index >= 15 is 0 Å². The molecule has 9 heteroatoms. The van der Waals surface area contributed by atoms with Crippen molar-refractivity contribution in [3.63, 3.8) is 0 Å². The molecule has 2 saturated heterocycles. The Bertz CT molecular complexity index is 907. The lowest BCUT2D eigenvalue weighted by atomic mass is 10.1. The summed E-state index contributed by atoms with van der Waals surface area (Å²) in [6.07, 6.45) is 3.29. The van der Waals surface area contributed by atoms with E-state index in [1.165, 1.54) is 36.8 Å². The minimum absolute atomic E-state index is 0.0618. The number of carbonyl (C=O) groups excluding carboxylic acids is 2. The van der Waals surface area contributed by atoms with E-state index in [0.717, 1.165) is 18.7 Å². The van der Waals surface area contributed by atoms with Gasteiger partial charge in [0.15, 0.2) is 0 Å². The molecule has 2 fully saturated rings. The van der Waals surface area contributed by atoms with Crippen LogP contribution in [-0.4, -0.2) is 71.5 Å². The Hall–Kier alpha value is -2.75. The number of hydrogen-bond donors (Lipinski definition) is 2. The largest absolute Gasteiger partial charge is 0.385 e. The molecular formula is C24H32N6O2S. The molecule has 8 nitrogen and oxygen atoms in total. The van der Waals surface area contributed by atoms with Gasteiger partial charge in [-0.25, -0.2) is 0 Å². The average Bonchev–Trinajstić information content (AvgIpc) is 3.09.